The first kappa shape index (κ1) is 23.5. The molecule has 0 aliphatic rings. The van der Waals surface area contributed by atoms with Gasteiger partial charge in [0.25, 0.3) is 5.56 Å². The number of hydrogen-bond acceptors (Lipinski definition) is 6. The Balaban J connectivity index is 1.78. The van der Waals surface area contributed by atoms with Gasteiger partial charge in [0.15, 0.2) is 0 Å². The average molecular weight is 481 g/mol. The zero-order chi connectivity index (χ0) is 24.5. The maximum absolute atomic E-state index is 13.6. The lowest BCUT2D eigenvalue weighted by atomic mass is 10.0. The Morgan fingerprint density at radius 2 is 1.85 bits per heavy atom. The number of aromatic amines is 1. The molecule has 4 rings (SSSR count). The molecule has 0 spiro atoms. The van der Waals surface area contributed by atoms with Crippen molar-refractivity contribution < 1.29 is 22.4 Å². The lowest BCUT2D eigenvalue weighted by Gasteiger charge is -2.21. The fraction of sp³-hybridized carbons (Fsp3) is 0.200. The van der Waals surface area contributed by atoms with E-state index < -0.39 is 16.0 Å². The smallest absolute Gasteiger partial charge is 0.337 e. The molecular formula is C25H24N2O6S. The molecule has 0 radical (unpaired) electrons. The van der Waals surface area contributed by atoms with Crippen LogP contribution in [0, 0.1) is 13.8 Å². The first-order valence-electron chi connectivity index (χ1n) is 10.5. The van der Waals surface area contributed by atoms with Gasteiger partial charge in [0.2, 0.25) is 10.0 Å². The van der Waals surface area contributed by atoms with Crippen LogP contribution in [-0.4, -0.2) is 30.8 Å². The molecule has 0 fully saturated rings. The number of aromatic nitrogens is 1. The molecule has 176 valence electrons. The highest BCUT2D eigenvalue weighted by atomic mass is 32.2. The summed E-state index contributed by atoms with van der Waals surface area (Å²) in [5.74, 6) is -0.234. The van der Waals surface area contributed by atoms with E-state index in [2.05, 4.69) is 4.98 Å². The number of benzene rings is 2. The second kappa shape index (κ2) is 9.28. The van der Waals surface area contributed by atoms with Crippen molar-refractivity contribution in [1.29, 1.82) is 0 Å². The first-order valence-corrected chi connectivity index (χ1v) is 12.0. The topological polar surface area (TPSA) is 110 Å². The molecule has 1 N–H and O–H groups in total. The van der Waals surface area contributed by atoms with Crippen LogP contribution in [-0.2, 0) is 27.8 Å². The number of carbonyl (C=O) groups is 1. The van der Waals surface area contributed by atoms with Crippen LogP contribution in [0.2, 0.25) is 0 Å². The Labute approximate surface area is 196 Å². The highest BCUT2D eigenvalue weighted by Gasteiger charge is 2.28. The van der Waals surface area contributed by atoms with Gasteiger partial charge in [-0.1, -0.05) is 18.2 Å². The van der Waals surface area contributed by atoms with Crippen LogP contribution in [0.15, 0.2) is 75.0 Å². The van der Waals surface area contributed by atoms with Crippen LogP contribution >= 0.6 is 0 Å². The quantitative estimate of drug-likeness (QED) is 0.402. The summed E-state index contributed by atoms with van der Waals surface area (Å²) in [6.07, 6.45) is 1.45. The molecule has 0 aliphatic carbocycles. The van der Waals surface area contributed by atoms with Gasteiger partial charge in [-0.3, -0.25) is 4.79 Å². The van der Waals surface area contributed by atoms with E-state index in [4.69, 9.17) is 9.15 Å². The number of fused-ring (bicyclic) bond motifs is 1. The van der Waals surface area contributed by atoms with Gasteiger partial charge in [-0.2, -0.15) is 4.31 Å². The highest BCUT2D eigenvalue weighted by Crippen LogP contribution is 2.24. The van der Waals surface area contributed by atoms with Gasteiger partial charge in [0, 0.05) is 12.1 Å². The number of carbonyl (C=O) groups excluding carboxylic acids is 1. The number of rotatable bonds is 7. The molecule has 0 amide bonds. The fourth-order valence-corrected chi connectivity index (χ4v) is 5.16. The summed E-state index contributed by atoms with van der Waals surface area (Å²) in [5, 5.41) is 0.806. The summed E-state index contributed by atoms with van der Waals surface area (Å²) in [6, 6.07) is 14.5. The summed E-state index contributed by atoms with van der Waals surface area (Å²) in [4.78, 5) is 27.7. The zero-order valence-electron chi connectivity index (χ0n) is 19.0. The van der Waals surface area contributed by atoms with Gasteiger partial charge >= 0.3 is 5.97 Å². The van der Waals surface area contributed by atoms with Crippen molar-refractivity contribution in [2.24, 2.45) is 0 Å². The molecule has 9 heteroatoms. The van der Waals surface area contributed by atoms with E-state index in [-0.39, 0.29) is 34.7 Å². The maximum Gasteiger partial charge on any atom is 0.337 e. The molecule has 2 aromatic carbocycles. The van der Waals surface area contributed by atoms with Crippen LogP contribution in [0.1, 0.15) is 32.8 Å². The van der Waals surface area contributed by atoms with Gasteiger partial charge in [-0.25, -0.2) is 13.2 Å². The number of sulfonamides is 1. The zero-order valence-corrected chi connectivity index (χ0v) is 19.8. The number of H-pyrrole nitrogens is 1. The third-order valence-corrected chi connectivity index (χ3v) is 7.57. The van der Waals surface area contributed by atoms with Crippen LogP contribution in [0.3, 0.4) is 0 Å². The second-order valence-corrected chi connectivity index (χ2v) is 9.91. The van der Waals surface area contributed by atoms with Crippen molar-refractivity contribution in [3.63, 3.8) is 0 Å². The minimum absolute atomic E-state index is 0.0920. The van der Waals surface area contributed by atoms with Crippen LogP contribution in [0.5, 0.6) is 0 Å². The molecule has 34 heavy (non-hydrogen) atoms. The second-order valence-electron chi connectivity index (χ2n) is 7.97. The number of furan rings is 1. The Hall–Kier alpha value is -3.69. The standard InChI is InChI=1S/C25H24N2O6S/c1-16-9-10-18-12-20(24(28)26-23(18)17(16)2)14-27(15-21-7-5-11-33-21)34(30,31)22-8-4-6-19(13-22)25(29)32-3/h4-13H,14-15H2,1-3H3,(H,26,28). The predicted molar refractivity (Wildman–Crippen MR) is 127 cm³/mol. The van der Waals surface area contributed by atoms with Crippen molar-refractivity contribution in [2.75, 3.05) is 7.11 Å². The first-order chi connectivity index (χ1) is 16.2. The summed E-state index contributed by atoms with van der Waals surface area (Å²) < 4.78 is 38.5. The van der Waals surface area contributed by atoms with Crippen molar-refractivity contribution in [3.05, 3.63) is 99.2 Å². The van der Waals surface area contributed by atoms with Crippen molar-refractivity contribution >= 4 is 26.9 Å². The van der Waals surface area contributed by atoms with Crippen molar-refractivity contribution in [2.45, 2.75) is 31.8 Å². The van der Waals surface area contributed by atoms with Gasteiger partial charge in [-0.15, -0.1) is 0 Å². The third kappa shape index (κ3) is 4.52. The molecule has 0 atom stereocenters. The SMILES string of the molecule is COC(=O)c1cccc(S(=O)(=O)N(Cc2ccco2)Cc2cc3ccc(C)c(C)c3[nH]c2=O)c1. The number of ether oxygens (including phenoxy) is 1. The summed E-state index contributed by atoms with van der Waals surface area (Å²) in [5.41, 5.74) is 2.75. The highest BCUT2D eigenvalue weighted by molar-refractivity contribution is 7.89. The lowest BCUT2D eigenvalue weighted by molar-refractivity contribution is 0.0600. The van der Waals surface area contributed by atoms with E-state index >= 15 is 0 Å². The summed E-state index contributed by atoms with van der Waals surface area (Å²) >= 11 is 0. The van der Waals surface area contributed by atoms with Gasteiger partial charge in [0.05, 0.1) is 35.9 Å². The Bertz CT molecular complexity index is 1520. The number of methoxy groups -OCH3 is 1. The van der Waals surface area contributed by atoms with Crippen molar-refractivity contribution in [3.8, 4) is 0 Å². The lowest BCUT2D eigenvalue weighted by Crippen LogP contribution is -2.32. The van der Waals surface area contributed by atoms with Gasteiger partial charge in [0.1, 0.15) is 5.76 Å². The normalized spacial score (nSPS) is 11.8. The van der Waals surface area contributed by atoms with Crippen LogP contribution in [0.4, 0.5) is 0 Å². The number of hydrogen-bond donors (Lipinski definition) is 1. The number of nitrogens with zero attached hydrogens (tertiary/aromatic N) is 1. The van der Waals surface area contributed by atoms with Gasteiger partial charge in [-0.05, 0) is 66.8 Å². The predicted octanol–water partition coefficient (Wildman–Crippen LogP) is 3.92. The fourth-order valence-electron chi connectivity index (χ4n) is 3.73. The van der Waals surface area contributed by atoms with Crippen LogP contribution < -0.4 is 5.56 Å². The molecule has 0 aliphatic heterocycles. The molecule has 4 aromatic rings. The molecule has 0 saturated heterocycles. The van der Waals surface area contributed by atoms with Gasteiger partial charge < -0.3 is 14.1 Å². The third-order valence-electron chi connectivity index (χ3n) is 5.78. The van der Waals surface area contributed by atoms with E-state index in [1.807, 2.05) is 26.0 Å². The monoisotopic (exact) mass is 480 g/mol. The molecular weight excluding hydrogens is 456 g/mol. The van der Waals surface area contributed by atoms with E-state index in [0.717, 1.165) is 26.3 Å². The van der Waals surface area contributed by atoms with E-state index in [0.29, 0.717) is 5.76 Å². The van der Waals surface area contributed by atoms with E-state index in [1.54, 1.807) is 18.2 Å². The molecule has 2 heterocycles. The van der Waals surface area contributed by atoms with E-state index in [1.165, 1.54) is 37.6 Å². The van der Waals surface area contributed by atoms with Crippen molar-refractivity contribution in [1.82, 2.24) is 9.29 Å². The summed E-state index contributed by atoms with van der Waals surface area (Å²) in [6.45, 7) is 3.60. The largest absolute Gasteiger partial charge is 0.468 e. The molecule has 2 aromatic heterocycles. The minimum atomic E-state index is -4.11. The Morgan fingerprint density at radius 3 is 2.56 bits per heavy atom. The van der Waals surface area contributed by atoms with E-state index in [9.17, 15) is 18.0 Å². The van der Waals surface area contributed by atoms with Crippen LogP contribution in [0.25, 0.3) is 10.9 Å². The Kier molecular flexibility index (Phi) is 6.41. The number of esters is 1. The Morgan fingerprint density at radius 1 is 1.06 bits per heavy atom. The summed E-state index contributed by atoms with van der Waals surface area (Å²) in [7, 11) is -2.89. The minimum Gasteiger partial charge on any atom is -0.468 e. The average Bonchev–Trinajstić information content (AvgIpc) is 3.35. The number of nitrogens with one attached hydrogen (secondary N) is 1. The molecule has 0 unspecified atom stereocenters. The maximum atomic E-state index is 13.6. The molecule has 8 nitrogen and oxygen atoms in total. The molecule has 0 bridgehead atoms. The number of pyridine rings is 1. The number of aryl methyl sites for hydroxylation is 2. The molecule has 0 saturated carbocycles.